The monoisotopic (exact) mass is 642 g/mol. The van der Waals surface area contributed by atoms with E-state index in [4.69, 9.17) is 23.7 Å². The minimum atomic E-state index is -0.806. The molecule has 0 saturated heterocycles. The van der Waals surface area contributed by atoms with Gasteiger partial charge in [-0.3, -0.25) is 9.36 Å². The van der Waals surface area contributed by atoms with E-state index in [1.54, 1.807) is 87.7 Å². The van der Waals surface area contributed by atoms with E-state index in [2.05, 4.69) is 4.99 Å². The largest absolute Gasteiger partial charge is 0.497 e. The number of allylic oxidation sites excluding steroid dienone is 1. The Labute approximate surface area is 269 Å². The topological polar surface area (TPSA) is 115 Å². The van der Waals surface area contributed by atoms with Crippen molar-refractivity contribution in [3.8, 4) is 23.0 Å². The second-order valence-corrected chi connectivity index (χ2v) is 11.6. The van der Waals surface area contributed by atoms with Crippen LogP contribution < -0.4 is 33.8 Å². The van der Waals surface area contributed by atoms with Gasteiger partial charge in [-0.1, -0.05) is 29.5 Å². The standard InChI is InChI=1S/C35H34N2O8S/c1-7-43-34(40)30-21(4)36-35-37(31(30)24-12-17-27(44-20(2)3)28(19-24)42-6)32(38)29(46-35)18-22-8-13-26(14-9-22)45-33(39)23-10-15-25(41-5)16-11-23/h8-20,31H,7H2,1-6H3/b29-18+/t31-/m0/s1. The summed E-state index contributed by atoms with van der Waals surface area (Å²) in [7, 11) is 3.09. The number of esters is 2. The molecule has 0 amide bonds. The Morgan fingerprint density at radius 3 is 2.26 bits per heavy atom. The third-order valence-corrected chi connectivity index (χ3v) is 8.08. The summed E-state index contributed by atoms with van der Waals surface area (Å²) in [5.74, 6) is 0.956. The van der Waals surface area contributed by atoms with Gasteiger partial charge in [0.25, 0.3) is 5.56 Å². The summed E-state index contributed by atoms with van der Waals surface area (Å²) in [5, 5.41) is 0. The molecule has 1 aliphatic heterocycles. The predicted octanol–water partition coefficient (Wildman–Crippen LogP) is 4.82. The Kier molecular flexibility index (Phi) is 9.72. The van der Waals surface area contributed by atoms with Gasteiger partial charge in [0.15, 0.2) is 16.3 Å². The van der Waals surface area contributed by atoms with Crippen LogP contribution in [0.1, 0.15) is 55.2 Å². The summed E-state index contributed by atoms with van der Waals surface area (Å²) in [5.41, 5.74) is 2.15. The molecule has 2 heterocycles. The highest BCUT2D eigenvalue weighted by atomic mass is 32.1. The van der Waals surface area contributed by atoms with E-state index in [-0.39, 0.29) is 23.8 Å². The van der Waals surface area contributed by atoms with Crippen LogP contribution in [0.25, 0.3) is 6.08 Å². The molecule has 11 heteroatoms. The van der Waals surface area contributed by atoms with E-state index in [1.165, 1.54) is 23.0 Å². The Balaban J connectivity index is 1.51. The van der Waals surface area contributed by atoms with Crippen molar-refractivity contribution in [2.45, 2.75) is 39.8 Å². The van der Waals surface area contributed by atoms with E-state index in [0.29, 0.717) is 54.7 Å². The number of nitrogens with zero attached hydrogens (tertiary/aromatic N) is 2. The molecule has 5 rings (SSSR count). The number of carbonyl (C=O) groups excluding carboxylic acids is 2. The highest BCUT2D eigenvalue weighted by molar-refractivity contribution is 7.07. The van der Waals surface area contributed by atoms with Crippen LogP contribution >= 0.6 is 11.3 Å². The predicted molar refractivity (Wildman–Crippen MR) is 174 cm³/mol. The smallest absolute Gasteiger partial charge is 0.343 e. The molecule has 0 N–H and O–H groups in total. The van der Waals surface area contributed by atoms with E-state index in [9.17, 15) is 14.4 Å². The zero-order valence-corrected chi connectivity index (χ0v) is 27.2. The molecule has 46 heavy (non-hydrogen) atoms. The van der Waals surface area contributed by atoms with Gasteiger partial charge in [0, 0.05) is 0 Å². The number of hydrogen-bond acceptors (Lipinski definition) is 10. The lowest BCUT2D eigenvalue weighted by atomic mass is 9.95. The number of fused-ring (bicyclic) bond motifs is 1. The number of ether oxygens (including phenoxy) is 5. The summed E-state index contributed by atoms with van der Waals surface area (Å²) in [6.45, 7) is 7.46. The summed E-state index contributed by atoms with van der Waals surface area (Å²) < 4.78 is 29.5. The number of benzene rings is 3. The second kappa shape index (κ2) is 13.9. The molecule has 3 aromatic carbocycles. The van der Waals surface area contributed by atoms with Crippen molar-refractivity contribution in [1.82, 2.24) is 4.57 Å². The number of hydrogen-bond donors (Lipinski definition) is 0. The van der Waals surface area contributed by atoms with Crippen LogP contribution in [-0.2, 0) is 9.53 Å². The van der Waals surface area contributed by atoms with Crippen molar-refractivity contribution in [2.24, 2.45) is 4.99 Å². The number of methoxy groups -OCH3 is 2. The number of aromatic nitrogens is 1. The van der Waals surface area contributed by atoms with Gasteiger partial charge in [0.2, 0.25) is 0 Å². The van der Waals surface area contributed by atoms with Crippen molar-refractivity contribution in [3.63, 3.8) is 0 Å². The number of rotatable bonds is 10. The molecular formula is C35H34N2O8S. The zero-order chi connectivity index (χ0) is 33.0. The highest BCUT2D eigenvalue weighted by Gasteiger charge is 2.34. The molecule has 0 unspecified atom stereocenters. The average Bonchev–Trinajstić information content (AvgIpc) is 3.34. The Hall–Kier alpha value is -5.16. The average molecular weight is 643 g/mol. The maximum Gasteiger partial charge on any atom is 0.343 e. The van der Waals surface area contributed by atoms with E-state index in [1.807, 2.05) is 19.9 Å². The maximum atomic E-state index is 14.0. The van der Waals surface area contributed by atoms with Gasteiger partial charge in [-0.2, -0.15) is 0 Å². The highest BCUT2D eigenvalue weighted by Crippen LogP contribution is 2.36. The van der Waals surface area contributed by atoms with Crippen molar-refractivity contribution >= 4 is 29.4 Å². The molecule has 1 atom stereocenters. The summed E-state index contributed by atoms with van der Waals surface area (Å²) in [6.07, 6.45) is 1.66. The fourth-order valence-electron chi connectivity index (χ4n) is 4.99. The van der Waals surface area contributed by atoms with Crippen molar-refractivity contribution in [3.05, 3.63) is 114 Å². The minimum absolute atomic E-state index is 0.0794. The lowest BCUT2D eigenvalue weighted by molar-refractivity contribution is -0.139. The number of thiazole rings is 1. The summed E-state index contributed by atoms with van der Waals surface area (Å²) in [4.78, 5) is 44.9. The first-order valence-corrected chi connectivity index (χ1v) is 15.5. The van der Waals surface area contributed by atoms with Gasteiger partial charge in [0.05, 0.1) is 54.3 Å². The van der Waals surface area contributed by atoms with Gasteiger partial charge in [-0.25, -0.2) is 14.6 Å². The van der Waals surface area contributed by atoms with Gasteiger partial charge < -0.3 is 23.7 Å². The lowest BCUT2D eigenvalue weighted by Crippen LogP contribution is -2.40. The Morgan fingerprint density at radius 1 is 0.935 bits per heavy atom. The Morgan fingerprint density at radius 2 is 1.63 bits per heavy atom. The molecule has 0 saturated carbocycles. The van der Waals surface area contributed by atoms with Crippen LogP contribution in [0.15, 0.2) is 87.8 Å². The molecule has 238 valence electrons. The first-order chi connectivity index (χ1) is 22.1. The molecule has 0 bridgehead atoms. The molecular weight excluding hydrogens is 608 g/mol. The zero-order valence-electron chi connectivity index (χ0n) is 26.4. The van der Waals surface area contributed by atoms with E-state index in [0.717, 1.165) is 0 Å². The SMILES string of the molecule is CCOC(=O)C1=C(C)N=c2s/c(=C/c3ccc(OC(=O)c4ccc(OC)cc4)cc3)c(=O)n2[C@H]1c1ccc(OC(C)C)c(OC)c1. The molecule has 4 aromatic rings. The van der Waals surface area contributed by atoms with Crippen molar-refractivity contribution in [1.29, 1.82) is 0 Å². The lowest BCUT2D eigenvalue weighted by Gasteiger charge is -2.25. The number of carbonyl (C=O) groups is 2. The van der Waals surface area contributed by atoms with Crippen LogP contribution in [0.5, 0.6) is 23.0 Å². The first kappa shape index (κ1) is 32.2. The van der Waals surface area contributed by atoms with Crippen molar-refractivity contribution < 1.29 is 33.3 Å². The second-order valence-electron chi connectivity index (χ2n) is 10.6. The molecule has 0 radical (unpaired) electrons. The molecule has 1 aromatic heterocycles. The normalized spacial score (nSPS) is 14.4. The maximum absolute atomic E-state index is 14.0. The van der Waals surface area contributed by atoms with Gasteiger partial charge >= 0.3 is 11.9 Å². The summed E-state index contributed by atoms with van der Waals surface area (Å²) >= 11 is 1.21. The summed E-state index contributed by atoms with van der Waals surface area (Å²) in [6, 6.07) is 18.0. The fraction of sp³-hybridized carbons (Fsp3) is 0.257. The van der Waals surface area contributed by atoms with E-state index < -0.39 is 18.0 Å². The molecule has 0 fully saturated rings. The van der Waals surface area contributed by atoms with Crippen LogP contribution in [0, 0.1) is 0 Å². The van der Waals surface area contributed by atoms with Crippen molar-refractivity contribution in [2.75, 3.05) is 20.8 Å². The van der Waals surface area contributed by atoms with E-state index >= 15 is 0 Å². The van der Waals surface area contributed by atoms with Crippen LogP contribution in [-0.4, -0.2) is 43.4 Å². The third-order valence-electron chi connectivity index (χ3n) is 7.10. The van der Waals surface area contributed by atoms with Crippen LogP contribution in [0.3, 0.4) is 0 Å². The van der Waals surface area contributed by atoms with Crippen LogP contribution in [0.2, 0.25) is 0 Å². The minimum Gasteiger partial charge on any atom is -0.497 e. The Bertz CT molecular complexity index is 1970. The third kappa shape index (κ3) is 6.74. The first-order valence-electron chi connectivity index (χ1n) is 14.6. The molecule has 10 nitrogen and oxygen atoms in total. The fourth-order valence-corrected chi connectivity index (χ4v) is 6.04. The van der Waals surface area contributed by atoms with Gasteiger partial charge in [-0.05, 0) is 93.4 Å². The van der Waals surface area contributed by atoms with Gasteiger partial charge in [0.1, 0.15) is 11.5 Å². The van der Waals surface area contributed by atoms with Crippen LogP contribution in [0.4, 0.5) is 0 Å². The molecule has 0 spiro atoms. The van der Waals surface area contributed by atoms with Gasteiger partial charge in [-0.15, -0.1) is 0 Å². The molecule has 0 aliphatic carbocycles. The quantitative estimate of drug-likeness (QED) is 0.179. The molecule has 1 aliphatic rings.